The van der Waals surface area contributed by atoms with Gasteiger partial charge in [0.15, 0.2) is 0 Å². The standard InChI is InChI=1S/C18H19BrN4O/c1-22(2)15-10-6-7-11-16(15)23(3)12-17-20-21-18(24-17)13-8-4-5-9-14(13)19/h4-11H,12H2,1-3H3. The fourth-order valence-electron chi connectivity index (χ4n) is 2.51. The summed E-state index contributed by atoms with van der Waals surface area (Å²) in [6.07, 6.45) is 0. The van der Waals surface area contributed by atoms with Crippen molar-refractivity contribution >= 4 is 27.3 Å². The van der Waals surface area contributed by atoms with Crippen molar-refractivity contribution in [1.82, 2.24) is 10.2 Å². The van der Waals surface area contributed by atoms with Crippen LogP contribution in [0.1, 0.15) is 5.89 Å². The molecule has 6 heteroatoms. The van der Waals surface area contributed by atoms with Gasteiger partial charge in [0, 0.05) is 25.6 Å². The quantitative estimate of drug-likeness (QED) is 0.657. The fraction of sp³-hybridized carbons (Fsp3) is 0.222. The number of hydrogen-bond donors (Lipinski definition) is 0. The van der Waals surface area contributed by atoms with Crippen LogP contribution < -0.4 is 9.80 Å². The molecule has 2 aromatic carbocycles. The topological polar surface area (TPSA) is 45.4 Å². The van der Waals surface area contributed by atoms with Crippen molar-refractivity contribution in [2.45, 2.75) is 6.54 Å². The summed E-state index contributed by atoms with van der Waals surface area (Å²) in [4.78, 5) is 4.19. The third-order valence-electron chi connectivity index (χ3n) is 3.72. The number of rotatable bonds is 5. The van der Waals surface area contributed by atoms with E-state index in [4.69, 9.17) is 4.42 Å². The molecule has 0 radical (unpaired) electrons. The molecule has 0 atom stereocenters. The van der Waals surface area contributed by atoms with Crippen LogP contribution >= 0.6 is 15.9 Å². The summed E-state index contributed by atoms with van der Waals surface area (Å²) in [5.74, 6) is 1.10. The van der Waals surface area contributed by atoms with Gasteiger partial charge >= 0.3 is 0 Å². The summed E-state index contributed by atoms with van der Waals surface area (Å²) in [6.45, 7) is 0.544. The Morgan fingerprint density at radius 1 is 0.917 bits per heavy atom. The second-order valence-electron chi connectivity index (χ2n) is 5.72. The van der Waals surface area contributed by atoms with E-state index in [1.54, 1.807) is 0 Å². The summed E-state index contributed by atoms with van der Waals surface area (Å²) >= 11 is 3.51. The van der Waals surface area contributed by atoms with Gasteiger partial charge in [0.05, 0.1) is 23.5 Å². The minimum atomic E-state index is 0.520. The second-order valence-corrected chi connectivity index (χ2v) is 6.57. The molecule has 0 amide bonds. The first-order valence-electron chi connectivity index (χ1n) is 7.61. The van der Waals surface area contributed by atoms with Gasteiger partial charge in [-0.05, 0) is 40.2 Å². The lowest BCUT2D eigenvalue weighted by atomic mass is 10.2. The summed E-state index contributed by atoms with van der Waals surface area (Å²) in [7, 11) is 6.08. The number of aromatic nitrogens is 2. The van der Waals surface area contributed by atoms with E-state index in [9.17, 15) is 0 Å². The largest absolute Gasteiger partial charge is 0.419 e. The van der Waals surface area contributed by atoms with Gasteiger partial charge in [0.25, 0.3) is 0 Å². The Labute approximate surface area is 150 Å². The number of halogens is 1. The van der Waals surface area contributed by atoms with Crippen LogP contribution in [0.3, 0.4) is 0 Å². The highest BCUT2D eigenvalue weighted by Gasteiger charge is 2.15. The highest BCUT2D eigenvalue weighted by molar-refractivity contribution is 9.10. The van der Waals surface area contributed by atoms with Gasteiger partial charge in [0.2, 0.25) is 11.8 Å². The number of nitrogens with zero attached hydrogens (tertiary/aromatic N) is 4. The van der Waals surface area contributed by atoms with Crippen molar-refractivity contribution in [2.24, 2.45) is 0 Å². The van der Waals surface area contributed by atoms with Crippen LogP contribution in [0.15, 0.2) is 57.4 Å². The first-order valence-corrected chi connectivity index (χ1v) is 8.40. The van der Waals surface area contributed by atoms with Crippen LogP contribution in [0.4, 0.5) is 11.4 Å². The minimum Gasteiger partial charge on any atom is -0.419 e. The van der Waals surface area contributed by atoms with E-state index >= 15 is 0 Å². The van der Waals surface area contributed by atoms with Gasteiger partial charge in [-0.2, -0.15) is 0 Å². The zero-order valence-corrected chi connectivity index (χ0v) is 15.5. The maximum absolute atomic E-state index is 5.84. The predicted octanol–water partition coefficient (Wildman–Crippen LogP) is 4.20. The Kier molecular flexibility index (Phi) is 4.85. The first kappa shape index (κ1) is 16.5. The normalized spacial score (nSPS) is 10.7. The molecule has 0 saturated carbocycles. The monoisotopic (exact) mass is 386 g/mol. The fourth-order valence-corrected chi connectivity index (χ4v) is 2.97. The molecule has 3 rings (SSSR count). The van der Waals surface area contributed by atoms with Crippen LogP contribution in [0, 0.1) is 0 Å². The third kappa shape index (κ3) is 3.43. The Balaban J connectivity index is 1.82. The maximum atomic E-state index is 5.84. The van der Waals surface area contributed by atoms with Crippen LogP contribution in [-0.4, -0.2) is 31.3 Å². The van der Waals surface area contributed by atoms with Gasteiger partial charge in [-0.1, -0.05) is 24.3 Å². The number of anilines is 2. The molecule has 0 bridgehead atoms. The molecule has 0 unspecified atom stereocenters. The number of para-hydroxylation sites is 2. The molecular weight excluding hydrogens is 368 g/mol. The third-order valence-corrected chi connectivity index (χ3v) is 4.41. The van der Waals surface area contributed by atoms with Crippen molar-refractivity contribution in [3.8, 4) is 11.5 Å². The van der Waals surface area contributed by atoms with E-state index in [-0.39, 0.29) is 0 Å². The Bertz CT molecular complexity index is 831. The summed E-state index contributed by atoms with van der Waals surface area (Å²) in [5.41, 5.74) is 3.15. The van der Waals surface area contributed by atoms with Crippen molar-refractivity contribution in [2.75, 3.05) is 30.9 Å². The molecular formula is C18H19BrN4O. The average Bonchev–Trinajstić information content (AvgIpc) is 3.03. The first-order chi connectivity index (χ1) is 11.6. The average molecular weight is 387 g/mol. The zero-order chi connectivity index (χ0) is 17.1. The molecule has 124 valence electrons. The van der Waals surface area contributed by atoms with Gasteiger partial charge in [-0.3, -0.25) is 0 Å². The van der Waals surface area contributed by atoms with Crippen LogP contribution in [0.5, 0.6) is 0 Å². The molecule has 5 nitrogen and oxygen atoms in total. The SMILES string of the molecule is CN(C)c1ccccc1N(C)Cc1nnc(-c2ccccc2Br)o1. The summed E-state index contributed by atoms with van der Waals surface area (Å²) < 4.78 is 6.77. The molecule has 0 spiro atoms. The van der Waals surface area contributed by atoms with Gasteiger partial charge in [-0.25, -0.2) is 0 Å². The van der Waals surface area contributed by atoms with Gasteiger partial charge < -0.3 is 14.2 Å². The van der Waals surface area contributed by atoms with E-state index < -0.39 is 0 Å². The lowest BCUT2D eigenvalue weighted by molar-refractivity contribution is 0.503. The second kappa shape index (κ2) is 7.05. The van der Waals surface area contributed by atoms with E-state index in [0.29, 0.717) is 18.3 Å². The van der Waals surface area contributed by atoms with E-state index in [1.807, 2.05) is 57.5 Å². The maximum Gasteiger partial charge on any atom is 0.248 e. The van der Waals surface area contributed by atoms with Crippen LogP contribution in [0.25, 0.3) is 11.5 Å². The molecule has 0 aliphatic rings. The Hall–Kier alpha value is -2.34. The van der Waals surface area contributed by atoms with Crippen molar-refractivity contribution in [1.29, 1.82) is 0 Å². The van der Waals surface area contributed by atoms with Crippen molar-refractivity contribution < 1.29 is 4.42 Å². The molecule has 0 aliphatic heterocycles. The highest BCUT2D eigenvalue weighted by atomic mass is 79.9. The van der Waals surface area contributed by atoms with Gasteiger partial charge in [0.1, 0.15) is 0 Å². The number of hydrogen-bond acceptors (Lipinski definition) is 5. The van der Waals surface area contributed by atoms with E-state index in [0.717, 1.165) is 21.4 Å². The Morgan fingerprint density at radius 2 is 1.58 bits per heavy atom. The lowest BCUT2D eigenvalue weighted by Gasteiger charge is -2.24. The van der Waals surface area contributed by atoms with Crippen molar-refractivity contribution in [3.05, 3.63) is 58.9 Å². The lowest BCUT2D eigenvalue weighted by Crippen LogP contribution is -2.20. The highest BCUT2D eigenvalue weighted by Crippen LogP contribution is 2.29. The predicted molar refractivity (Wildman–Crippen MR) is 100 cm³/mol. The molecule has 1 heterocycles. The zero-order valence-electron chi connectivity index (χ0n) is 13.9. The Morgan fingerprint density at radius 3 is 2.29 bits per heavy atom. The minimum absolute atomic E-state index is 0.520. The molecule has 24 heavy (non-hydrogen) atoms. The summed E-state index contributed by atoms with van der Waals surface area (Å²) in [5, 5.41) is 8.35. The van der Waals surface area contributed by atoms with Crippen LogP contribution in [0.2, 0.25) is 0 Å². The molecule has 0 fully saturated rings. The van der Waals surface area contributed by atoms with E-state index in [1.165, 1.54) is 0 Å². The molecule has 0 N–H and O–H groups in total. The van der Waals surface area contributed by atoms with Gasteiger partial charge in [-0.15, -0.1) is 10.2 Å². The molecule has 0 saturated heterocycles. The molecule has 1 aromatic heterocycles. The summed E-state index contributed by atoms with van der Waals surface area (Å²) in [6, 6.07) is 16.0. The smallest absolute Gasteiger partial charge is 0.248 e. The van der Waals surface area contributed by atoms with Crippen molar-refractivity contribution in [3.63, 3.8) is 0 Å². The molecule has 0 aliphatic carbocycles. The number of benzene rings is 2. The van der Waals surface area contributed by atoms with E-state index in [2.05, 4.69) is 48.1 Å². The molecule has 3 aromatic rings. The van der Waals surface area contributed by atoms with Crippen LogP contribution in [-0.2, 0) is 6.54 Å².